The number of carbonyl (C=O) groups is 2. The van der Waals surface area contributed by atoms with E-state index >= 15 is 0 Å². The van der Waals surface area contributed by atoms with Crippen molar-refractivity contribution in [2.45, 2.75) is 19.3 Å². The Hall–Kier alpha value is -3.37. The van der Waals surface area contributed by atoms with E-state index in [2.05, 4.69) is 4.90 Å². The second-order valence-corrected chi connectivity index (χ2v) is 12.2. The van der Waals surface area contributed by atoms with Gasteiger partial charge in [-0.1, -0.05) is 59.8 Å². The molecule has 0 bridgehead atoms. The molecule has 2 aliphatic rings. The highest BCUT2D eigenvalue weighted by Crippen LogP contribution is 2.37. The van der Waals surface area contributed by atoms with Gasteiger partial charge in [-0.05, 0) is 91.5 Å². The topological polar surface area (TPSA) is 79.3 Å². The van der Waals surface area contributed by atoms with Crippen LogP contribution in [0.4, 0.5) is 0 Å². The van der Waals surface area contributed by atoms with Crippen molar-refractivity contribution < 1.29 is 24.2 Å². The predicted octanol–water partition coefficient (Wildman–Crippen LogP) is 6.63. The van der Waals surface area contributed by atoms with Crippen molar-refractivity contribution in [1.29, 1.82) is 0 Å². The number of carbonyl (C=O) groups excluding carboxylic acids is 1. The third-order valence-electron chi connectivity index (χ3n) is 7.34. The van der Waals surface area contributed by atoms with Crippen molar-refractivity contribution in [1.82, 2.24) is 9.80 Å². The SMILES string of the molecule is COc1ccc(-c2ccc(OCCN3CCCC3)c(C=C3SC(=S)N(CCc4ccc(C(=O)O)cc4)C3=O)c2)cc1Cl. The summed E-state index contributed by atoms with van der Waals surface area (Å²) in [6.07, 6.45) is 4.85. The number of thiocarbonyl (C=S) groups is 1. The van der Waals surface area contributed by atoms with E-state index in [1.807, 2.05) is 42.5 Å². The fourth-order valence-corrected chi connectivity index (χ4v) is 6.56. The van der Waals surface area contributed by atoms with E-state index < -0.39 is 5.97 Å². The second-order valence-electron chi connectivity index (χ2n) is 10.1. The number of halogens is 1. The Morgan fingerprint density at radius 3 is 2.38 bits per heavy atom. The molecule has 1 amide bonds. The number of aromatic carboxylic acids is 1. The lowest BCUT2D eigenvalue weighted by Gasteiger charge is -2.17. The molecular weight excluding hydrogens is 592 g/mol. The number of carboxylic acids is 1. The molecular formula is C32H31ClN2O5S2. The molecule has 7 nitrogen and oxygen atoms in total. The molecule has 2 aliphatic heterocycles. The summed E-state index contributed by atoms with van der Waals surface area (Å²) >= 11 is 13.2. The Balaban J connectivity index is 1.36. The molecule has 10 heteroatoms. The van der Waals surface area contributed by atoms with Crippen molar-refractivity contribution >= 4 is 57.9 Å². The van der Waals surface area contributed by atoms with Crippen LogP contribution in [-0.4, -0.2) is 71.0 Å². The molecule has 0 radical (unpaired) electrons. The first-order valence-electron chi connectivity index (χ1n) is 13.7. The Kier molecular flexibility index (Phi) is 9.84. The lowest BCUT2D eigenvalue weighted by molar-refractivity contribution is -0.122. The van der Waals surface area contributed by atoms with Crippen LogP contribution in [-0.2, 0) is 11.2 Å². The molecule has 0 spiro atoms. The number of benzene rings is 3. The monoisotopic (exact) mass is 622 g/mol. The minimum atomic E-state index is -0.970. The third-order valence-corrected chi connectivity index (χ3v) is 9.02. The van der Waals surface area contributed by atoms with Crippen LogP contribution in [0.2, 0.25) is 5.02 Å². The number of carboxylic acid groups (broad SMARTS) is 1. The summed E-state index contributed by atoms with van der Waals surface area (Å²) in [4.78, 5) is 29.1. The van der Waals surface area contributed by atoms with Crippen molar-refractivity contribution in [2.24, 2.45) is 0 Å². The fourth-order valence-electron chi connectivity index (χ4n) is 5.00. The number of hydrogen-bond acceptors (Lipinski definition) is 7. The maximum Gasteiger partial charge on any atom is 0.335 e. The maximum absolute atomic E-state index is 13.4. The Morgan fingerprint density at radius 1 is 1.02 bits per heavy atom. The molecule has 0 aliphatic carbocycles. The van der Waals surface area contributed by atoms with Gasteiger partial charge in [0.15, 0.2) is 0 Å². The zero-order chi connectivity index (χ0) is 29.6. The average Bonchev–Trinajstić information content (AvgIpc) is 3.60. The quantitative estimate of drug-likeness (QED) is 0.189. The summed E-state index contributed by atoms with van der Waals surface area (Å²) in [5.41, 5.74) is 3.78. The van der Waals surface area contributed by atoms with Crippen LogP contribution < -0.4 is 9.47 Å². The van der Waals surface area contributed by atoms with Crippen LogP contribution >= 0.6 is 35.6 Å². The summed E-state index contributed by atoms with van der Waals surface area (Å²) in [5.74, 6) is 0.167. The number of hydrogen-bond donors (Lipinski definition) is 1. The lowest BCUT2D eigenvalue weighted by atomic mass is 10.0. The molecule has 0 atom stereocenters. The van der Waals surface area contributed by atoms with Crippen LogP contribution in [0.1, 0.15) is 34.3 Å². The van der Waals surface area contributed by atoms with Crippen LogP contribution in [0.5, 0.6) is 11.5 Å². The first-order valence-corrected chi connectivity index (χ1v) is 15.3. The van der Waals surface area contributed by atoms with Crippen LogP contribution in [0.25, 0.3) is 17.2 Å². The first-order chi connectivity index (χ1) is 20.3. The van der Waals surface area contributed by atoms with Gasteiger partial charge in [0.25, 0.3) is 5.91 Å². The van der Waals surface area contributed by atoms with Gasteiger partial charge in [0.2, 0.25) is 0 Å². The molecule has 218 valence electrons. The van der Waals surface area contributed by atoms with E-state index in [9.17, 15) is 9.59 Å². The number of methoxy groups -OCH3 is 1. The number of likely N-dealkylation sites (tertiary alicyclic amines) is 1. The minimum absolute atomic E-state index is 0.159. The summed E-state index contributed by atoms with van der Waals surface area (Å²) < 4.78 is 12.0. The minimum Gasteiger partial charge on any atom is -0.495 e. The third kappa shape index (κ3) is 7.15. The Bertz CT molecular complexity index is 1520. The predicted molar refractivity (Wildman–Crippen MR) is 172 cm³/mol. The molecule has 3 aromatic carbocycles. The summed E-state index contributed by atoms with van der Waals surface area (Å²) in [6, 6.07) is 18.2. The zero-order valence-electron chi connectivity index (χ0n) is 23.2. The highest BCUT2D eigenvalue weighted by molar-refractivity contribution is 8.26. The molecule has 42 heavy (non-hydrogen) atoms. The van der Waals surface area contributed by atoms with Crippen molar-refractivity contribution in [3.05, 3.63) is 87.3 Å². The lowest BCUT2D eigenvalue weighted by Crippen LogP contribution is -2.30. The average molecular weight is 623 g/mol. The molecule has 2 saturated heterocycles. The molecule has 0 saturated carbocycles. The number of rotatable bonds is 11. The van der Waals surface area contributed by atoms with E-state index in [0.717, 1.165) is 41.9 Å². The molecule has 3 aromatic rings. The number of nitrogens with zero attached hydrogens (tertiary/aromatic N) is 2. The van der Waals surface area contributed by atoms with Crippen LogP contribution in [0.3, 0.4) is 0 Å². The van der Waals surface area contributed by atoms with Crippen LogP contribution in [0.15, 0.2) is 65.6 Å². The number of amides is 1. The molecule has 2 heterocycles. The Morgan fingerprint density at radius 2 is 1.71 bits per heavy atom. The van der Waals surface area contributed by atoms with E-state index in [4.69, 9.17) is 38.4 Å². The van der Waals surface area contributed by atoms with Crippen molar-refractivity contribution in [2.75, 3.05) is 39.9 Å². The largest absolute Gasteiger partial charge is 0.495 e. The van der Waals surface area contributed by atoms with Gasteiger partial charge < -0.3 is 14.6 Å². The van der Waals surface area contributed by atoms with Gasteiger partial charge in [0.05, 0.1) is 22.6 Å². The van der Waals surface area contributed by atoms with Gasteiger partial charge in [-0.25, -0.2) is 4.79 Å². The van der Waals surface area contributed by atoms with Gasteiger partial charge in [-0.15, -0.1) is 0 Å². The normalized spacial score (nSPS) is 16.4. The van der Waals surface area contributed by atoms with Crippen LogP contribution in [0, 0.1) is 0 Å². The maximum atomic E-state index is 13.4. The van der Waals surface area contributed by atoms with Gasteiger partial charge in [0.1, 0.15) is 22.4 Å². The number of thioether (sulfide) groups is 1. The van der Waals surface area contributed by atoms with Gasteiger partial charge in [-0.2, -0.15) is 0 Å². The molecule has 0 aromatic heterocycles. The second kappa shape index (κ2) is 13.7. The van der Waals surface area contributed by atoms with Crippen molar-refractivity contribution in [3.8, 4) is 22.6 Å². The van der Waals surface area contributed by atoms with Gasteiger partial charge in [0, 0.05) is 18.7 Å². The van der Waals surface area contributed by atoms with E-state index in [1.54, 1.807) is 36.3 Å². The van der Waals surface area contributed by atoms with Gasteiger partial charge in [-0.3, -0.25) is 14.6 Å². The van der Waals surface area contributed by atoms with E-state index in [0.29, 0.717) is 45.3 Å². The van der Waals surface area contributed by atoms with E-state index in [1.165, 1.54) is 24.6 Å². The highest BCUT2D eigenvalue weighted by atomic mass is 35.5. The smallest absolute Gasteiger partial charge is 0.335 e. The van der Waals surface area contributed by atoms with Gasteiger partial charge >= 0.3 is 5.97 Å². The fraction of sp³-hybridized carbons (Fsp3) is 0.281. The molecule has 1 N–H and O–H groups in total. The number of ether oxygens (including phenoxy) is 2. The zero-order valence-corrected chi connectivity index (χ0v) is 25.6. The Labute approximate surface area is 260 Å². The summed E-state index contributed by atoms with van der Waals surface area (Å²) in [6.45, 7) is 4.00. The molecule has 0 unspecified atom stereocenters. The summed E-state index contributed by atoms with van der Waals surface area (Å²) in [5, 5.41) is 9.64. The summed E-state index contributed by atoms with van der Waals surface area (Å²) in [7, 11) is 1.58. The highest BCUT2D eigenvalue weighted by Gasteiger charge is 2.32. The first kappa shape index (κ1) is 30.1. The van der Waals surface area contributed by atoms with E-state index in [-0.39, 0.29) is 11.5 Å². The standard InChI is InChI=1S/C32H31ClN2O5S2/c1-39-28-11-9-24(19-26(28)33)23-8-10-27(40-17-16-34-13-2-3-14-34)25(18-23)20-29-30(36)35(32(41)42-29)15-12-21-4-6-22(7-5-21)31(37)38/h4-11,18-20H,2-3,12-17H2,1H3,(H,37,38). The van der Waals surface area contributed by atoms with Crippen molar-refractivity contribution in [3.63, 3.8) is 0 Å². The molecule has 2 fully saturated rings. The molecule has 5 rings (SSSR count).